The molecule has 3 aromatic rings. The lowest BCUT2D eigenvalue weighted by Crippen LogP contribution is -2.49. The van der Waals surface area contributed by atoms with Crippen molar-refractivity contribution in [2.45, 2.75) is 57.0 Å². The van der Waals surface area contributed by atoms with Gasteiger partial charge >= 0.3 is 0 Å². The van der Waals surface area contributed by atoms with Crippen LogP contribution in [-0.4, -0.2) is 69.6 Å². The van der Waals surface area contributed by atoms with Crippen LogP contribution >= 0.6 is 11.6 Å². The molecule has 266 valence electrons. The molecule has 11 nitrogen and oxygen atoms in total. The average molecular weight is 722 g/mol. The second-order valence-electron chi connectivity index (χ2n) is 14.4. The van der Waals surface area contributed by atoms with Crippen LogP contribution in [0.3, 0.4) is 0 Å². The molecule has 2 amide bonds. The summed E-state index contributed by atoms with van der Waals surface area (Å²) in [7, 11) is -0.584. The number of rotatable bonds is 3. The summed E-state index contributed by atoms with van der Waals surface area (Å²) in [6, 6.07) is 11.4. The van der Waals surface area contributed by atoms with Crippen LogP contribution in [0.2, 0.25) is 5.02 Å². The molecule has 13 heteroatoms. The Morgan fingerprint density at radius 1 is 1.22 bits per heavy atom. The van der Waals surface area contributed by atoms with Crippen molar-refractivity contribution in [2.24, 2.45) is 29.2 Å². The Kier molecular flexibility index (Phi) is 9.46. The summed E-state index contributed by atoms with van der Waals surface area (Å²) < 4.78 is 34.5. The highest BCUT2D eigenvalue weighted by Gasteiger charge is 2.44. The Hall–Kier alpha value is -3.87. The van der Waals surface area contributed by atoms with Crippen molar-refractivity contribution in [3.05, 3.63) is 82.0 Å². The zero-order valence-electron chi connectivity index (χ0n) is 28.6. The SMILES string of the molecule is COc1nn(C)cc1C(=O)NS1(=O)=NC(=O)c2ccc3c(c2)N(C[C@@H]2CC[C@H]2[C@@H](O)/C=C/C[C@H](C)C1)C[C@@]1(CCCc2cc(Cl)ccc21)CO3. The van der Waals surface area contributed by atoms with E-state index >= 15 is 0 Å². The van der Waals surface area contributed by atoms with Gasteiger partial charge in [-0.1, -0.05) is 36.7 Å². The monoisotopic (exact) mass is 721 g/mol. The number of aliphatic hydroxyl groups is 1. The smallest absolute Gasteiger partial charge is 0.286 e. The van der Waals surface area contributed by atoms with Crippen LogP contribution in [0.4, 0.5) is 5.69 Å². The second kappa shape index (κ2) is 13.7. The van der Waals surface area contributed by atoms with Gasteiger partial charge in [0.25, 0.3) is 11.8 Å². The predicted molar refractivity (Wildman–Crippen MR) is 192 cm³/mol. The number of fused-ring (bicyclic) bond motifs is 4. The molecule has 2 aliphatic heterocycles. The van der Waals surface area contributed by atoms with Crippen molar-refractivity contribution in [3.63, 3.8) is 0 Å². The minimum absolute atomic E-state index is 0.0686. The summed E-state index contributed by atoms with van der Waals surface area (Å²) in [5, 5.41) is 16.2. The summed E-state index contributed by atoms with van der Waals surface area (Å²) in [6.45, 7) is 3.70. The zero-order valence-corrected chi connectivity index (χ0v) is 30.2. The summed E-state index contributed by atoms with van der Waals surface area (Å²) in [4.78, 5) is 29.7. The third kappa shape index (κ3) is 6.77. The Morgan fingerprint density at radius 2 is 2.06 bits per heavy atom. The van der Waals surface area contributed by atoms with Crippen molar-refractivity contribution >= 4 is 39.0 Å². The van der Waals surface area contributed by atoms with E-state index in [1.165, 1.54) is 29.1 Å². The van der Waals surface area contributed by atoms with Gasteiger partial charge in [0.1, 0.15) is 21.2 Å². The second-order valence-corrected chi connectivity index (χ2v) is 16.8. The highest BCUT2D eigenvalue weighted by atomic mass is 35.5. The summed E-state index contributed by atoms with van der Waals surface area (Å²) in [5.74, 6) is -0.648. The molecule has 2 aromatic carbocycles. The van der Waals surface area contributed by atoms with E-state index in [4.69, 9.17) is 21.1 Å². The molecule has 6 atom stereocenters. The largest absolute Gasteiger partial charge is 0.490 e. The van der Waals surface area contributed by atoms with Gasteiger partial charge in [-0.25, -0.2) is 4.21 Å². The number of nitrogens with zero attached hydrogens (tertiary/aromatic N) is 4. The maximum atomic E-state index is 14.5. The molecule has 1 fully saturated rings. The molecule has 2 bridgehead atoms. The first-order valence-corrected chi connectivity index (χ1v) is 19.4. The van der Waals surface area contributed by atoms with Gasteiger partial charge in [0, 0.05) is 42.3 Å². The summed E-state index contributed by atoms with van der Waals surface area (Å²) in [5.41, 5.74) is 3.26. The molecule has 2 aliphatic carbocycles. The van der Waals surface area contributed by atoms with Crippen LogP contribution in [0.1, 0.15) is 70.9 Å². The fraction of sp³-hybridized carbons (Fsp3) is 0.486. The van der Waals surface area contributed by atoms with E-state index in [1.54, 1.807) is 25.2 Å². The van der Waals surface area contributed by atoms with E-state index in [-0.39, 0.29) is 45.9 Å². The molecule has 4 aliphatic rings. The quantitative estimate of drug-likeness (QED) is 0.339. The van der Waals surface area contributed by atoms with E-state index in [0.29, 0.717) is 31.9 Å². The molecule has 1 spiro atoms. The predicted octanol–water partition coefficient (Wildman–Crippen LogP) is 5.49. The number of aromatic nitrogens is 2. The maximum Gasteiger partial charge on any atom is 0.286 e. The van der Waals surface area contributed by atoms with Gasteiger partial charge in [-0.05, 0) is 97.7 Å². The molecular weight excluding hydrogens is 678 g/mol. The van der Waals surface area contributed by atoms with Gasteiger partial charge < -0.3 is 19.5 Å². The molecule has 1 aromatic heterocycles. The van der Waals surface area contributed by atoms with Crippen LogP contribution in [0.25, 0.3) is 0 Å². The van der Waals surface area contributed by atoms with Crippen LogP contribution in [-0.2, 0) is 28.8 Å². The Labute approximate surface area is 298 Å². The minimum Gasteiger partial charge on any atom is -0.490 e. The number of halogens is 1. The van der Waals surface area contributed by atoms with Gasteiger partial charge in [-0.3, -0.25) is 19.0 Å². The number of benzene rings is 2. The fourth-order valence-corrected chi connectivity index (χ4v) is 10.2. The Balaban J connectivity index is 1.30. The number of hydrogen-bond acceptors (Lipinski definition) is 8. The van der Waals surface area contributed by atoms with Crippen molar-refractivity contribution < 1.29 is 28.4 Å². The Bertz CT molecular complexity index is 1970. The van der Waals surface area contributed by atoms with E-state index in [9.17, 15) is 18.9 Å². The van der Waals surface area contributed by atoms with Gasteiger partial charge in [-0.2, -0.15) is 0 Å². The lowest BCUT2D eigenvalue weighted by molar-refractivity contribution is 0.0456. The number of ether oxygens (including phenoxy) is 2. The van der Waals surface area contributed by atoms with Crippen molar-refractivity contribution in [1.29, 1.82) is 0 Å². The van der Waals surface area contributed by atoms with Crippen LogP contribution in [0.15, 0.2) is 59.1 Å². The zero-order chi connectivity index (χ0) is 35.2. The number of aryl methyl sites for hydroxylation is 2. The number of allylic oxidation sites excluding steroid dienone is 1. The first kappa shape index (κ1) is 34.6. The molecule has 50 heavy (non-hydrogen) atoms. The topological polar surface area (TPSA) is 135 Å². The molecule has 1 unspecified atom stereocenters. The van der Waals surface area contributed by atoms with Gasteiger partial charge in [0.2, 0.25) is 5.88 Å². The third-order valence-corrected chi connectivity index (χ3v) is 13.0. The molecule has 0 radical (unpaired) electrons. The third-order valence-electron chi connectivity index (χ3n) is 10.8. The first-order chi connectivity index (χ1) is 24.0. The average Bonchev–Trinajstić information content (AvgIpc) is 3.37. The van der Waals surface area contributed by atoms with Gasteiger partial charge in [0.15, 0.2) is 0 Å². The number of methoxy groups -OCH3 is 1. The number of aliphatic hydroxyl groups excluding tert-OH is 1. The minimum atomic E-state index is -3.62. The normalized spacial score (nSPS) is 30.1. The van der Waals surface area contributed by atoms with E-state index < -0.39 is 27.8 Å². The molecular formula is C37H44ClN5O6S. The van der Waals surface area contributed by atoms with E-state index in [2.05, 4.69) is 31.2 Å². The standard InChI is InChI=1S/C37H44ClN5O6S/c1-23-6-4-8-32(44)28-12-9-26(28)18-43-21-37(15-5-7-24-16-27(38)11-13-30(24)37)22-49-33-14-10-25(17-31(33)43)34(45)40-50(47,20-23)41-35(46)29-19-42(2)39-36(29)48-3/h4,8,10-11,13-14,16-17,19,23,26,28,32,44H,5-7,9,12,15,18,20-22H2,1-3H3,(H,40,41,45,46,47)/b8-4+/t23-,26-,28+,32-,37-,50?/m0/s1. The summed E-state index contributed by atoms with van der Waals surface area (Å²) >= 11 is 6.43. The van der Waals surface area contributed by atoms with Gasteiger partial charge in [0.05, 0.1) is 31.3 Å². The highest BCUT2D eigenvalue weighted by Crippen LogP contribution is 2.47. The lowest BCUT2D eigenvalue weighted by Gasteiger charge is -2.45. The fourth-order valence-electron chi connectivity index (χ4n) is 8.11. The lowest BCUT2D eigenvalue weighted by atomic mass is 9.68. The van der Waals surface area contributed by atoms with E-state index in [0.717, 1.165) is 42.8 Å². The van der Waals surface area contributed by atoms with Crippen LogP contribution in [0.5, 0.6) is 11.6 Å². The van der Waals surface area contributed by atoms with Crippen LogP contribution < -0.4 is 19.1 Å². The number of carbonyl (C=O) groups is 2. The summed E-state index contributed by atoms with van der Waals surface area (Å²) in [6.07, 6.45) is 9.87. The molecule has 1 saturated carbocycles. The molecule has 7 rings (SSSR count). The number of amides is 2. The number of anilines is 1. The first-order valence-electron chi connectivity index (χ1n) is 17.3. The van der Waals surface area contributed by atoms with Crippen molar-refractivity contribution in [2.75, 3.05) is 37.5 Å². The maximum absolute atomic E-state index is 14.5. The van der Waals surface area contributed by atoms with Crippen molar-refractivity contribution in [1.82, 2.24) is 14.5 Å². The number of nitrogens with one attached hydrogen (secondary N) is 1. The number of carbonyl (C=O) groups excluding carboxylic acids is 2. The number of hydrogen-bond donors (Lipinski definition) is 2. The molecule has 2 N–H and O–H groups in total. The van der Waals surface area contributed by atoms with Crippen molar-refractivity contribution in [3.8, 4) is 11.6 Å². The van der Waals surface area contributed by atoms with E-state index in [1.807, 2.05) is 25.1 Å². The Morgan fingerprint density at radius 3 is 2.84 bits per heavy atom. The molecule has 0 saturated heterocycles. The molecule has 3 heterocycles. The van der Waals surface area contributed by atoms with Gasteiger partial charge in [-0.15, -0.1) is 9.46 Å². The highest BCUT2D eigenvalue weighted by molar-refractivity contribution is 7.92. The van der Waals surface area contributed by atoms with Crippen LogP contribution in [0, 0.1) is 17.8 Å².